The lowest BCUT2D eigenvalue weighted by molar-refractivity contribution is 0.0403. The molecule has 0 aromatic carbocycles. The number of nitrogens with one attached hydrogen (secondary N) is 1. The summed E-state index contributed by atoms with van der Waals surface area (Å²) in [4.78, 5) is 7.11. The molecular formula is C14H25N3OS. The predicted octanol–water partition coefficient (Wildman–Crippen LogP) is 2.25. The van der Waals surface area contributed by atoms with Gasteiger partial charge in [0.15, 0.2) is 0 Å². The first kappa shape index (κ1) is 14.9. The average molecular weight is 283 g/mol. The van der Waals surface area contributed by atoms with E-state index in [1.807, 2.05) is 0 Å². The van der Waals surface area contributed by atoms with Crippen LogP contribution in [-0.2, 0) is 17.8 Å². The van der Waals surface area contributed by atoms with Gasteiger partial charge in [-0.1, -0.05) is 13.8 Å². The molecule has 1 saturated heterocycles. The molecule has 19 heavy (non-hydrogen) atoms. The van der Waals surface area contributed by atoms with Crippen molar-refractivity contribution in [2.45, 2.75) is 51.9 Å². The number of hydrogen-bond acceptors (Lipinski definition) is 5. The maximum Gasteiger partial charge on any atom is 0.107 e. The van der Waals surface area contributed by atoms with Gasteiger partial charge < -0.3 is 10.1 Å². The van der Waals surface area contributed by atoms with Crippen molar-refractivity contribution in [3.8, 4) is 0 Å². The van der Waals surface area contributed by atoms with Crippen molar-refractivity contribution >= 4 is 11.3 Å². The first-order valence-corrected chi connectivity index (χ1v) is 7.97. The summed E-state index contributed by atoms with van der Waals surface area (Å²) in [5, 5.41) is 6.78. The lowest BCUT2D eigenvalue weighted by atomic mass is 10.1. The van der Waals surface area contributed by atoms with Gasteiger partial charge in [0.25, 0.3) is 0 Å². The highest BCUT2D eigenvalue weighted by molar-refractivity contribution is 7.09. The highest BCUT2D eigenvalue weighted by Gasteiger charge is 2.19. The fraction of sp³-hybridized carbons (Fsp3) is 0.786. The largest absolute Gasteiger partial charge is 0.381 e. The predicted molar refractivity (Wildman–Crippen MR) is 79.4 cm³/mol. The smallest absolute Gasteiger partial charge is 0.107 e. The summed E-state index contributed by atoms with van der Waals surface area (Å²) < 4.78 is 5.41. The Bertz CT molecular complexity index is 375. The molecule has 1 fully saturated rings. The monoisotopic (exact) mass is 283 g/mol. The van der Waals surface area contributed by atoms with E-state index in [1.165, 1.54) is 10.7 Å². The Morgan fingerprint density at radius 1 is 1.47 bits per heavy atom. The van der Waals surface area contributed by atoms with Gasteiger partial charge in [-0.15, -0.1) is 11.3 Å². The van der Waals surface area contributed by atoms with Gasteiger partial charge in [-0.05, 0) is 19.9 Å². The summed E-state index contributed by atoms with van der Waals surface area (Å²) in [7, 11) is 2.20. The van der Waals surface area contributed by atoms with Crippen LogP contribution in [-0.4, -0.2) is 42.2 Å². The molecule has 0 radical (unpaired) electrons. The van der Waals surface area contributed by atoms with Crippen LogP contribution in [0.4, 0.5) is 0 Å². The zero-order valence-corrected chi connectivity index (χ0v) is 13.0. The third kappa shape index (κ3) is 4.84. The van der Waals surface area contributed by atoms with Gasteiger partial charge in [-0.3, -0.25) is 4.90 Å². The molecule has 0 unspecified atom stereocenters. The fourth-order valence-corrected chi connectivity index (χ4v) is 3.04. The molecule has 0 aliphatic carbocycles. The van der Waals surface area contributed by atoms with Gasteiger partial charge in [0, 0.05) is 43.8 Å². The van der Waals surface area contributed by atoms with Crippen molar-refractivity contribution in [1.29, 1.82) is 0 Å². The zero-order chi connectivity index (χ0) is 13.7. The lowest BCUT2D eigenvalue weighted by Crippen LogP contribution is -2.36. The summed E-state index contributed by atoms with van der Waals surface area (Å²) >= 11 is 1.76. The SMILES string of the molecule is CC(C)NCc1nc(CN(C)C2CCOCC2)cs1. The minimum atomic E-state index is 0.511. The van der Waals surface area contributed by atoms with E-state index in [2.05, 4.69) is 36.5 Å². The summed E-state index contributed by atoms with van der Waals surface area (Å²) in [5.74, 6) is 0. The fourth-order valence-electron chi connectivity index (χ4n) is 2.30. The summed E-state index contributed by atoms with van der Waals surface area (Å²) in [6.07, 6.45) is 2.28. The molecule has 0 amide bonds. The Morgan fingerprint density at radius 3 is 2.89 bits per heavy atom. The van der Waals surface area contributed by atoms with Crippen molar-refractivity contribution < 1.29 is 4.74 Å². The zero-order valence-electron chi connectivity index (χ0n) is 12.2. The van der Waals surface area contributed by atoms with Gasteiger partial charge >= 0.3 is 0 Å². The third-order valence-electron chi connectivity index (χ3n) is 3.49. The normalized spacial score (nSPS) is 17.5. The molecule has 108 valence electrons. The molecule has 0 spiro atoms. The molecular weight excluding hydrogens is 258 g/mol. The lowest BCUT2D eigenvalue weighted by Gasteiger charge is -2.30. The topological polar surface area (TPSA) is 37.4 Å². The van der Waals surface area contributed by atoms with Gasteiger partial charge in [0.05, 0.1) is 5.69 Å². The van der Waals surface area contributed by atoms with Crippen LogP contribution in [0.5, 0.6) is 0 Å². The van der Waals surface area contributed by atoms with E-state index in [4.69, 9.17) is 9.72 Å². The summed E-state index contributed by atoms with van der Waals surface area (Å²) in [6, 6.07) is 1.16. The van der Waals surface area contributed by atoms with E-state index in [-0.39, 0.29) is 0 Å². The Kier molecular flexibility index (Phi) is 5.76. The van der Waals surface area contributed by atoms with E-state index in [9.17, 15) is 0 Å². The van der Waals surface area contributed by atoms with E-state index in [1.54, 1.807) is 11.3 Å². The quantitative estimate of drug-likeness (QED) is 0.869. The number of nitrogens with zero attached hydrogens (tertiary/aromatic N) is 2. The van der Waals surface area contributed by atoms with Crippen LogP contribution in [0, 0.1) is 0 Å². The van der Waals surface area contributed by atoms with Crippen LogP contribution >= 0.6 is 11.3 Å². The Balaban J connectivity index is 1.81. The Labute approximate surface area is 120 Å². The summed E-state index contributed by atoms with van der Waals surface area (Å²) in [5.41, 5.74) is 1.19. The standard InChI is InChI=1S/C14H25N3OS/c1-11(2)15-8-14-16-12(10-19-14)9-17(3)13-4-6-18-7-5-13/h10-11,13,15H,4-9H2,1-3H3. The molecule has 0 saturated carbocycles. The summed E-state index contributed by atoms with van der Waals surface area (Å²) in [6.45, 7) is 7.94. The van der Waals surface area contributed by atoms with Gasteiger partial charge in [-0.25, -0.2) is 4.98 Å². The molecule has 1 aromatic heterocycles. The highest BCUT2D eigenvalue weighted by Crippen LogP contribution is 2.17. The van der Waals surface area contributed by atoms with Crippen molar-refractivity contribution in [3.63, 3.8) is 0 Å². The maximum absolute atomic E-state index is 5.41. The maximum atomic E-state index is 5.41. The number of thiazole rings is 1. The second-order valence-electron chi connectivity index (χ2n) is 5.53. The second kappa shape index (κ2) is 7.33. The minimum Gasteiger partial charge on any atom is -0.381 e. The Morgan fingerprint density at radius 2 is 2.21 bits per heavy atom. The molecule has 1 aromatic rings. The van der Waals surface area contributed by atoms with Crippen LogP contribution < -0.4 is 5.32 Å². The van der Waals surface area contributed by atoms with Crippen molar-refractivity contribution in [1.82, 2.24) is 15.2 Å². The molecule has 1 aliphatic heterocycles. The van der Waals surface area contributed by atoms with Crippen LogP contribution in [0.15, 0.2) is 5.38 Å². The molecule has 5 heteroatoms. The van der Waals surface area contributed by atoms with E-state index >= 15 is 0 Å². The first-order valence-electron chi connectivity index (χ1n) is 7.10. The molecule has 2 rings (SSSR count). The number of rotatable bonds is 6. The highest BCUT2D eigenvalue weighted by atomic mass is 32.1. The molecule has 0 atom stereocenters. The van der Waals surface area contributed by atoms with Crippen molar-refractivity contribution in [2.75, 3.05) is 20.3 Å². The number of aromatic nitrogens is 1. The third-order valence-corrected chi connectivity index (χ3v) is 4.38. The van der Waals surface area contributed by atoms with Gasteiger partial charge in [0.2, 0.25) is 0 Å². The van der Waals surface area contributed by atoms with Gasteiger partial charge in [0.1, 0.15) is 5.01 Å². The molecule has 1 N–H and O–H groups in total. The first-order chi connectivity index (χ1) is 9.15. The minimum absolute atomic E-state index is 0.511. The van der Waals surface area contributed by atoms with Crippen molar-refractivity contribution in [2.24, 2.45) is 0 Å². The molecule has 2 heterocycles. The van der Waals surface area contributed by atoms with Crippen LogP contribution in [0.3, 0.4) is 0 Å². The molecule has 1 aliphatic rings. The van der Waals surface area contributed by atoms with Crippen LogP contribution in [0.2, 0.25) is 0 Å². The van der Waals surface area contributed by atoms with E-state index in [0.717, 1.165) is 39.1 Å². The average Bonchev–Trinajstić information content (AvgIpc) is 2.85. The van der Waals surface area contributed by atoms with Crippen molar-refractivity contribution in [3.05, 3.63) is 16.1 Å². The number of ether oxygens (including phenoxy) is 1. The van der Waals surface area contributed by atoms with Crippen LogP contribution in [0.25, 0.3) is 0 Å². The van der Waals surface area contributed by atoms with E-state index in [0.29, 0.717) is 12.1 Å². The number of hydrogen-bond donors (Lipinski definition) is 1. The second-order valence-corrected chi connectivity index (χ2v) is 6.47. The van der Waals surface area contributed by atoms with Gasteiger partial charge in [-0.2, -0.15) is 0 Å². The Hall–Kier alpha value is -0.490. The van der Waals surface area contributed by atoms with Crippen LogP contribution in [0.1, 0.15) is 37.4 Å². The molecule has 0 bridgehead atoms. The van der Waals surface area contributed by atoms with E-state index < -0.39 is 0 Å². The molecule has 4 nitrogen and oxygen atoms in total.